The van der Waals surface area contributed by atoms with E-state index in [0.717, 1.165) is 29.9 Å². The maximum absolute atomic E-state index is 13.5. The standard InChI is InChI=1S/C22H26FN5O/c1-15(2)20(21-26-25-19-8-3-4-12-28(19)21)24-22(29)27(18-9-10-18)13-11-16-6-5-7-17(23)14-16/h3-8,12,14-15,18,20H,9-11,13H2,1-2H3,(H,24,29)/t20-/m1/s1. The molecule has 1 fully saturated rings. The van der Waals surface area contributed by atoms with Crippen LogP contribution in [0.3, 0.4) is 0 Å². The topological polar surface area (TPSA) is 62.5 Å². The molecule has 2 aromatic heterocycles. The van der Waals surface area contributed by atoms with E-state index < -0.39 is 0 Å². The van der Waals surface area contributed by atoms with E-state index in [0.29, 0.717) is 13.0 Å². The summed E-state index contributed by atoms with van der Waals surface area (Å²) in [6, 6.07) is 12.2. The second-order valence-electron chi connectivity index (χ2n) is 7.96. The van der Waals surface area contributed by atoms with Gasteiger partial charge >= 0.3 is 6.03 Å². The average molecular weight is 395 g/mol. The van der Waals surface area contributed by atoms with Crippen molar-refractivity contribution in [3.8, 4) is 0 Å². The Morgan fingerprint density at radius 3 is 2.79 bits per heavy atom. The summed E-state index contributed by atoms with van der Waals surface area (Å²) in [6.45, 7) is 4.68. The van der Waals surface area contributed by atoms with Crippen LogP contribution in [0.15, 0.2) is 48.7 Å². The van der Waals surface area contributed by atoms with Crippen LogP contribution in [0.25, 0.3) is 5.65 Å². The predicted octanol–water partition coefficient (Wildman–Crippen LogP) is 3.98. The quantitative estimate of drug-likeness (QED) is 0.658. The van der Waals surface area contributed by atoms with Gasteiger partial charge in [-0.3, -0.25) is 4.40 Å². The van der Waals surface area contributed by atoms with Crippen molar-refractivity contribution >= 4 is 11.7 Å². The van der Waals surface area contributed by atoms with Gasteiger partial charge in [-0.1, -0.05) is 32.0 Å². The zero-order chi connectivity index (χ0) is 20.4. The highest BCUT2D eigenvalue weighted by molar-refractivity contribution is 5.75. The molecule has 3 aromatic rings. The Kier molecular flexibility index (Phi) is 5.47. The Morgan fingerprint density at radius 1 is 1.24 bits per heavy atom. The number of amides is 2. The summed E-state index contributed by atoms with van der Waals surface area (Å²) in [5.41, 5.74) is 1.65. The lowest BCUT2D eigenvalue weighted by Gasteiger charge is -2.27. The van der Waals surface area contributed by atoms with Gasteiger partial charge in [-0.15, -0.1) is 10.2 Å². The van der Waals surface area contributed by atoms with Gasteiger partial charge in [0.1, 0.15) is 5.82 Å². The maximum atomic E-state index is 13.5. The second kappa shape index (κ2) is 8.19. The number of halogens is 1. The third-order valence-electron chi connectivity index (χ3n) is 5.34. The SMILES string of the molecule is CC(C)[C@@H](NC(=O)N(CCc1cccc(F)c1)C1CC1)c1nnc2ccccn12. The molecule has 0 aliphatic heterocycles. The Labute approximate surface area is 169 Å². The number of rotatable bonds is 7. The number of benzene rings is 1. The molecule has 7 heteroatoms. The van der Waals surface area contributed by atoms with Gasteiger partial charge in [-0.2, -0.15) is 0 Å². The number of nitrogens with zero attached hydrogens (tertiary/aromatic N) is 4. The van der Waals surface area contributed by atoms with Crippen molar-refractivity contribution in [3.05, 3.63) is 65.9 Å². The lowest BCUT2D eigenvalue weighted by atomic mass is 10.0. The number of hydrogen-bond acceptors (Lipinski definition) is 3. The average Bonchev–Trinajstić information content (AvgIpc) is 3.45. The number of pyridine rings is 1. The van der Waals surface area contributed by atoms with Crippen LogP contribution >= 0.6 is 0 Å². The fourth-order valence-corrected chi connectivity index (χ4v) is 3.60. The molecule has 0 unspecified atom stereocenters. The van der Waals surface area contributed by atoms with E-state index >= 15 is 0 Å². The van der Waals surface area contributed by atoms with E-state index in [1.165, 1.54) is 12.1 Å². The predicted molar refractivity (Wildman–Crippen MR) is 109 cm³/mol. The van der Waals surface area contributed by atoms with E-state index in [9.17, 15) is 9.18 Å². The first-order chi connectivity index (χ1) is 14.0. The van der Waals surface area contributed by atoms with Gasteiger partial charge in [0.15, 0.2) is 11.5 Å². The molecule has 1 saturated carbocycles. The third-order valence-corrected chi connectivity index (χ3v) is 5.34. The number of fused-ring (bicyclic) bond motifs is 1. The van der Waals surface area contributed by atoms with Gasteiger partial charge in [-0.05, 0) is 55.0 Å². The van der Waals surface area contributed by atoms with E-state index in [1.807, 2.05) is 39.8 Å². The molecule has 0 bridgehead atoms. The summed E-state index contributed by atoms with van der Waals surface area (Å²) in [5, 5.41) is 11.7. The molecule has 1 aliphatic carbocycles. The van der Waals surface area contributed by atoms with Crippen LogP contribution in [0, 0.1) is 11.7 Å². The zero-order valence-corrected chi connectivity index (χ0v) is 16.8. The van der Waals surface area contributed by atoms with Crippen molar-refractivity contribution in [3.63, 3.8) is 0 Å². The Hall–Kier alpha value is -2.96. The van der Waals surface area contributed by atoms with Crippen molar-refractivity contribution in [2.45, 2.75) is 45.2 Å². The first kappa shape index (κ1) is 19.4. The summed E-state index contributed by atoms with van der Waals surface area (Å²) < 4.78 is 15.4. The van der Waals surface area contributed by atoms with Crippen molar-refractivity contribution in [1.29, 1.82) is 0 Å². The van der Waals surface area contributed by atoms with Gasteiger partial charge in [0.2, 0.25) is 0 Å². The normalized spacial score (nSPS) is 14.9. The van der Waals surface area contributed by atoms with Gasteiger partial charge in [-0.25, -0.2) is 9.18 Å². The number of hydrogen-bond donors (Lipinski definition) is 1. The fourth-order valence-electron chi connectivity index (χ4n) is 3.60. The van der Waals surface area contributed by atoms with Gasteiger partial charge in [0.25, 0.3) is 0 Å². The molecule has 0 spiro atoms. The summed E-state index contributed by atoms with van der Waals surface area (Å²) in [7, 11) is 0. The van der Waals surface area contributed by atoms with Crippen molar-refractivity contribution < 1.29 is 9.18 Å². The lowest BCUT2D eigenvalue weighted by Crippen LogP contribution is -2.45. The highest BCUT2D eigenvalue weighted by atomic mass is 19.1. The van der Waals surface area contributed by atoms with Crippen molar-refractivity contribution in [2.75, 3.05) is 6.54 Å². The molecular weight excluding hydrogens is 369 g/mol. The molecule has 0 saturated heterocycles. The summed E-state index contributed by atoms with van der Waals surface area (Å²) in [5.74, 6) is 0.629. The van der Waals surface area contributed by atoms with Gasteiger partial charge < -0.3 is 10.2 Å². The van der Waals surface area contributed by atoms with E-state index in [1.54, 1.807) is 6.07 Å². The smallest absolute Gasteiger partial charge is 0.318 e. The maximum Gasteiger partial charge on any atom is 0.318 e. The molecule has 1 N–H and O–H groups in total. The Morgan fingerprint density at radius 2 is 2.07 bits per heavy atom. The third kappa shape index (κ3) is 4.39. The first-order valence-corrected chi connectivity index (χ1v) is 10.1. The molecule has 1 aromatic carbocycles. The number of carbonyl (C=O) groups is 1. The molecule has 1 atom stereocenters. The van der Waals surface area contributed by atoms with E-state index in [-0.39, 0.29) is 29.8 Å². The van der Waals surface area contributed by atoms with Crippen LogP contribution in [0.4, 0.5) is 9.18 Å². The molecule has 4 rings (SSSR count). The van der Waals surface area contributed by atoms with Crippen LogP contribution in [0.5, 0.6) is 0 Å². The molecular formula is C22H26FN5O. The molecule has 2 amide bonds. The Balaban J connectivity index is 1.49. The lowest BCUT2D eigenvalue weighted by molar-refractivity contribution is 0.186. The highest BCUT2D eigenvalue weighted by Gasteiger charge is 2.34. The van der Waals surface area contributed by atoms with Crippen LogP contribution in [0.2, 0.25) is 0 Å². The van der Waals surface area contributed by atoms with E-state index in [4.69, 9.17) is 0 Å². The summed E-state index contributed by atoms with van der Waals surface area (Å²) >= 11 is 0. The molecule has 0 radical (unpaired) electrons. The van der Waals surface area contributed by atoms with Crippen LogP contribution in [-0.4, -0.2) is 38.1 Å². The summed E-state index contributed by atoms with van der Waals surface area (Å²) in [4.78, 5) is 15.0. The molecule has 2 heterocycles. The number of carbonyl (C=O) groups excluding carboxylic acids is 1. The van der Waals surface area contributed by atoms with Gasteiger partial charge in [0, 0.05) is 18.8 Å². The zero-order valence-electron chi connectivity index (χ0n) is 16.8. The Bertz CT molecular complexity index is 998. The number of urea groups is 1. The minimum atomic E-state index is -0.254. The fraction of sp³-hybridized carbons (Fsp3) is 0.409. The molecule has 1 aliphatic rings. The molecule has 6 nitrogen and oxygen atoms in total. The second-order valence-corrected chi connectivity index (χ2v) is 7.96. The highest BCUT2D eigenvalue weighted by Crippen LogP contribution is 2.28. The van der Waals surface area contributed by atoms with Crippen LogP contribution in [0.1, 0.15) is 44.1 Å². The van der Waals surface area contributed by atoms with Crippen LogP contribution < -0.4 is 5.32 Å². The van der Waals surface area contributed by atoms with Crippen molar-refractivity contribution in [1.82, 2.24) is 24.8 Å². The number of nitrogens with one attached hydrogen (secondary N) is 1. The monoisotopic (exact) mass is 395 g/mol. The van der Waals surface area contributed by atoms with Crippen LogP contribution in [-0.2, 0) is 6.42 Å². The summed E-state index contributed by atoms with van der Waals surface area (Å²) in [6.07, 6.45) is 4.56. The van der Waals surface area contributed by atoms with E-state index in [2.05, 4.69) is 29.4 Å². The molecule has 152 valence electrons. The largest absolute Gasteiger partial charge is 0.328 e. The first-order valence-electron chi connectivity index (χ1n) is 10.1. The minimum Gasteiger partial charge on any atom is -0.328 e. The molecule has 29 heavy (non-hydrogen) atoms. The minimum absolute atomic E-state index is 0.102. The number of aromatic nitrogens is 3. The van der Waals surface area contributed by atoms with Gasteiger partial charge in [0.05, 0.1) is 6.04 Å². The van der Waals surface area contributed by atoms with Crippen molar-refractivity contribution in [2.24, 2.45) is 5.92 Å².